The number of nitrogens with one attached hydrogen (secondary N) is 1. The molecule has 0 atom stereocenters. The van der Waals surface area contributed by atoms with Crippen LogP contribution in [-0.4, -0.2) is 37.0 Å². The zero-order valence-electron chi connectivity index (χ0n) is 16.4. The maximum Gasteiger partial charge on any atom is 0.260 e. The minimum absolute atomic E-state index is 0.265. The molecule has 0 spiro atoms. The largest absolute Gasteiger partial charge is 0.497 e. The Morgan fingerprint density at radius 2 is 1.72 bits per heavy atom. The average molecular weight is 411 g/mol. The topological polar surface area (TPSA) is 74.6 Å². The maximum atomic E-state index is 13.1. The first-order valence-corrected chi connectivity index (χ1v) is 10.2. The Labute approximate surface area is 173 Å². The minimum atomic E-state index is -0.265. The number of hydrogen-bond donors (Lipinski definition) is 1. The lowest BCUT2D eigenvalue weighted by Gasteiger charge is -2.13. The molecule has 1 aliphatic rings. The lowest BCUT2D eigenvalue weighted by atomic mass is 10.1. The molecule has 0 saturated heterocycles. The number of ether oxygens (including phenoxy) is 3. The molecule has 0 unspecified atom stereocenters. The van der Waals surface area contributed by atoms with E-state index in [1.165, 1.54) is 7.11 Å². The van der Waals surface area contributed by atoms with Gasteiger partial charge in [-0.1, -0.05) is 0 Å². The summed E-state index contributed by atoms with van der Waals surface area (Å²) in [5.41, 5.74) is 3.31. The lowest BCUT2D eigenvalue weighted by molar-refractivity contribution is 0.102. The third kappa shape index (κ3) is 3.63. The summed E-state index contributed by atoms with van der Waals surface area (Å²) in [5.74, 6) is 3.88. The van der Waals surface area contributed by atoms with Crippen molar-refractivity contribution in [3.8, 4) is 22.9 Å². The van der Waals surface area contributed by atoms with Gasteiger partial charge in [-0.2, -0.15) is 16.9 Å². The van der Waals surface area contributed by atoms with Crippen LogP contribution < -0.4 is 19.5 Å². The number of fused-ring (bicyclic) bond motifs is 1. The predicted molar refractivity (Wildman–Crippen MR) is 113 cm³/mol. The van der Waals surface area contributed by atoms with Crippen molar-refractivity contribution >= 4 is 23.5 Å². The highest BCUT2D eigenvalue weighted by molar-refractivity contribution is 7.98. The molecule has 2 heterocycles. The Kier molecular flexibility index (Phi) is 5.35. The number of benzene rings is 2. The first-order valence-electron chi connectivity index (χ1n) is 9.01. The van der Waals surface area contributed by atoms with Gasteiger partial charge in [-0.15, -0.1) is 0 Å². The average Bonchev–Trinajstić information content (AvgIpc) is 3.35. The summed E-state index contributed by atoms with van der Waals surface area (Å²) in [6.45, 7) is 0. The number of rotatable bonds is 6. The molecule has 3 aromatic rings. The molecule has 8 heteroatoms. The first-order chi connectivity index (χ1) is 14.1. The summed E-state index contributed by atoms with van der Waals surface area (Å²) in [5, 5.41) is 7.76. The molecular weight excluding hydrogens is 390 g/mol. The van der Waals surface area contributed by atoms with Crippen LogP contribution in [-0.2, 0) is 11.5 Å². The van der Waals surface area contributed by atoms with Crippen LogP contribution in [0.3, 0.4) is 0 Å². The number of thioether (sulfide) groups is 1. The standard InChI is InChI=1S/C21H21N3O4S/c1-26-14-6-4-13(5-7-14)24-20(17-11-29-12-18(17)23-24)22-21(25)16-9-8-15(27-2)10-19(16)28-3/h4-10H,11-12H2,1-3H3,(H,22,25). The van der Waals surface area contributed by atoms with Gasteiger partial charge in [-0.25, -0.2) is 4.68 Å². The summed E-state index contributed by atoms with van der Waals surface area (Å²) >= 11 is 1.78. The first kappa shape index (κ1) is 19.2. The number of carbonyl (C=O) groups excluding carboxylic acids is 1. The molecule has 1 aliphatic heterocycles. The summed E-state index contributed by atoms with van der Waals surface area (Å²) in [4.78, 5) is 13.1. The number of aromatic nitrogens is 2. The minimum Gasteiger partial charge on any atom is -0.497 e. The Morgan fingerprint density at radius 3 is 2.41 bits per heavy atom. The smallest absolute Gasteiger partial charge is 0.260 e. The highest BCUT2D eigenvalue weighted by Crippen LogP contribution is 2.37. The van der Waals surface area contributed by atoms with Crippen molar-refractivity contribution in [3.63, 3.8) is 0 Å². The summed E-state index contributed by atoms with van der Waals surface area (Å²) < 4.78 is 17.6. The van der Waals surface area contributed by atoms with Gasteiger partial charge in [-0.05, 0) is 36.4 Å². The Hall–Kier alpha value is -3.13. The second-order valence-electron chi connectivity index (χ2n) is 6.40. The molecule has 4 rings (SSSR count). The Balaban J connectivity index is 1.70. The number of anilines is 1. The monoisotopic (exact) mass is 411 g/mol. The molecule has 0 bridgehead atoms. The number of amides is 1. The van der Waals surface area contributed by atoms with Gasteiger partial charge in [0.25, 0.3) is 5.91 Å². The molecule has 0 fully saturated rings. The molecule has 1 N–H and O–H groups in total. The van der Waals surface area contributed by atoms with Gasteiger partial charge >= 0.3 is 0 Å². The van der Waals surface area contributed by atoms with Gasteiger partial charge in [0, 0.05) is 23.1 Å². The number of nitrogens with zero attached hydrogens (tertiary/aromatic N) is 2. The van der Waals surface area contributed by atoms with E-state index in [1.807, 2.05) is 24.3 Å². The zero-order chi connectivity index (χ0) is 20.4. The van der Waals surface area contributed by atoms with Crippen molar-refractivity contribution in [2.45, 2.75) is 11.5 Å². The van der Waals surface area contributed by atoms with Crippen molar-refractivity contribution < 1.29 is 19.0 Å². The number of hydrogen-bond acceptors (Lipinski definition) is 6. The van der Waals surface area contributed by atoms with Crippen molar-refractivity contribution in [1.82, 2.24) is 9.78 Å². The maximum absolute atomic E-state index is 13.1. The van der Waals surface area contributed by atoms with Gasteiger partial charge in [0.05, 0.1) is 38.3 Å². The summed E-state index contributed by atoms with van der Waals surface area (Å²) in [6, 6.07) is 12.7. The van der Waals surface area contributed by atoms with Crippen LogP contribution in [0, 0.1) is 0 Å². The predicted octanol–water partition coefficient (Wildman–Crippen LogP) is 3.90. The van der Waals surface area contributed by atoms with Gasteiger partial charge < -0.3 is 19.5 Å². The molecule has 150 valence electrons. The fraction of sp³-hybridized carbons (Fsp3) is 0.238. The van der Waals surface area contributed by atoms with E-state index in [0.717, 1.165) is 34.2 Å². The van der Waals surface area contributed by atoms with E-state index in [9.17, 15) is 4.79 Å². The Bertz CT molecular complexity index is 1050. The molecule has 2 aromatic carbocycles. The van der Waals surface area contributed by atoms with Crippen LogP contribution in [0.4, 0.5) is 5.82 Å². The quantitative estimate of drug-likeness (QED) is 0.663. The molecular formula is C21H21N3O4S. The van der Waals surface area contributed by atoms with Crippen LogP contribution in [0.2, 0.25) is 0 Å². The van der Waals surface area contributed by atoms with Crippen molar-refractivity contribution in [1.29, 1.82) is 0 Å². The third-order valence-electron chi connectivity index (χ3n) is 4.75. The van der Waals surface area contributed by atoms with E-state index in [1.54, 1.807) is 48.9 Å². The zero-order valence-corrected chi connectivity index (χ0v) is 17.2. The van der Waals surface area contributed by atoms with E-state index in [0.29, 0.717) is 22.9 Å². The van der Waals surface area contributed by atoms with Gasteiger partial charge in [0.2, 0.25) is 0 Å². The molecule has 0 radical (unpaired) electrons. The fourth-order valence-electron chi connectivity index (χ4n) is 3.21. The fourth-order valence-corrected chi connectivity index (χ4v) is 4.25. The van der Waals surface area contributed by atoms with Crippen LogP contribution in [0.15, 0.2) is 42.5 Å². The SMILES string of the molecule is COc1ccc(-n2nc3c(c2NC(=O)c2ccc(OC)cc2OC)CSC3)cc1. The molecule has 29 heavy (non-hydrogen) atoms. The highest BCUT2D eigenvalue weighted by atomic mass is 32.2. The van der Waals surface area contributed by atoms with Crippen LogP contribution >= 0.6 is 11.8 Å². The van der Waals surface area contributed by atoms with E-state index >= 15 is 0 Å². The van der Waals surface area contributed by atoms with Crippen molar-refractivity contribution in [3.05, 3.63) is 59.3 Å². The molecule has 1 aromatic heterocycles. The van der Waals surface area contributed by atoms with Gasteiger partial charge in [-0.3, -0.25) is 4.79 Å². The third-order valence-corrected chi connectivity index (χ3v) is 5.72. The van der Waals surface area contributed by atoms with E-state index in [2.05, 4.69) is 5.32 Å². The van der Waals surface area contributed by atoms with Crippen LogP contribution in [0.1, 0.15) is 21.6 Å². The lowest BCUT2D eigenvalue weighted by Crippen LogP contribution is -2.17. The summed E-state index contributed by atoms with van der Waals surface area (Å²) in [7, 11) is 4.73. The van der Waals surface area contributed by atoms with Gasteiger partial charge in [0.15, 0.2) is 0 Å². The van der Waals surface area contributed by atoms with Crippen molar-refractivity contribution in [2.75, 3.05) is 26.6 Å². The molecule has 7 nitrogen and oxygen atoms in total. The highest BCUT2D eigenvalue weighted by Gasteiger charge is 2.26. The van der Waals surface area contributed by atoms with E-state index in [-0.39, 0.29) is 5.91 Å². The second kappa shape index (κ2) is 8.08. The normalized spacial score (nSPS) is 12.4. The van der Waals surface area contributed by atoms with Crippen LogP contribution in [0.5, 0.6) is 17.2 Å². The number of carbonyl (C=O) groups is 1. The van der Waals surface area contributed by atoms with Crippen LogP contribution in [0.25, 0.3) is 5.69 Å². The van der Waals surface area contributed by atoms with E-state index < -0.39 is 0 Å². The van der Waals surface area contributed by atoms with Crippen molar-refractivity contribution in [2.24, 2.45) is 0 Å². The Morgan fingerprint density at radius 1 is 1.00 bits per heavy atom. The molecule has 1 amide bonds. The summed E-state index contributed by atoms with van der Waals surface area (Å²) in [6.07, 6.45) is 0. The van der Waals surface area contributed by atoms with E-state index in [4.69, 9.17) is 19.3 Å². The number of methoxy groups -OCH3 is 3. The molecule has 0 aliphatic carbocycles. The van der Waals surface area contributed by atoms with Gasteiger partial charge in [0.1, 0.15) is 23.1 Å². The second-order valence-corrected chi connectivity index (χ2v) is 7.38. The molecule has 0 saturated carbocycles.